The molecule has 1 aromatic heterocycles. The van der Waals surface area contributed by atoms with Crippen LogP contribution in [0.4, 0.5) is 0 Å². The number of rotatable bonds is 8. The molecule has 170 valence electrons. The quantitative estimate of drug-likeness (QED) is 0.678. The van der Waals surface area contributed by atoms with Crippen molar-refractivity contribution in [2.75, 3.05) is 13.3 Å². The Balaban J connectivity index is 1.13. The summed E-state index contributed by atoms with van der Waals surface area (Å²) in [6.07, 6.45) is 8.92. The first-order valence-corrected chi connectivity index (χ1v) is 11.5. The van der Waals surface area contributed by atoms with Crippen molar-refractivity contribution >= 4 is 11.8 Å². The number of amides is 2. The Bertz CT molecular complexity index is 987. The van der Waals surface area contributed by atoms with E-state index in [2.05, 4.69) is 15.6 Å². The van der Waals surface area contributed by atoms with E-state index in [-0.39, 0.29) is 24.6 Å². The highest BCUT2D eigenvalue weighted by Gasteiger charge is 2.27. The Hall–Kier alpha value is -3.10. The summed E-state index contributed by atoms with van der Waals surface area (Å²) in [5.41, 5.74) is 1.44. The van der Waals surface area contributed by atoms with Gasteiger partial charge >= 0.3 is 0 Å². The largest absolute Gasteiger partial charge is 0.454 e. The zero-order valence-corrected chi connectivity index (χ0v) is 18.2. The Morgan fingerprint density at radius 1 is 1.12 bits per heavy atom. The molecule has 0 bridgehead atoms. The summed E-state index contributed by atoms with van der Waals surface area (Å²) in [4.78, 5) is 27.2. The van der Waals surface area contributed by atoms with Gasteiger partial charge in [-0.05, 0) is 62.6 Å². The summed E-state index contributed by atoms with van der Waals surface area (Å²) in [5, 5.41) is 11.0. The maximum absolute atomic E-state index is 13.0. The number of hydrogen-bond acceptors (Lipinski definition) is 6. The lowest BCUT2D eigenvalue weighted by molar-refractivity contribution is -0.135. The van der Waals surface area contributed by atoms with Gasteiger partial charge in [0.2, 0.25) is 12.7 Å². The highest BCUT2D eigenvalue weighted by Crippen LogP contribution is 2.33. The van der Waals surface area contributed by atoms with Gasteiger partial charge < -0.3 is 19.7 Å². The molecule has 1 aliphatic carbocycles. The highest BCUT2D eigenvalue weighted by atomic mass is 16.7. The van der Waals surface area contributed by atoms with E-state index in [1.807, 2.05) is 23.1 Å². The molecule has 0 spiro atoms. The van der Waals surface area contributed by atoms with Gasteiger partial charge in [-0.1, -0.05) is 11.3 Å². The number of hydrogen-bond donors (Lipinski definition) is 1. The predicted octanol–water partition coefficient (Wildman–Crippen LogP) is 2.30. The van der Waals surface area contributed by atoms with Gasteiger partial charge in [0.1, 0.15) is 0 Å². The maximum atomic E-state index is 13.0. The molecular formula is C23H29N5O4. The number of ether oxygens (including phenoxy) is 2. The van der Waals surface area contributed by atoms with Gasteiger partial charge in [0.15, 0.2) is 17.2 Å². The van der Waals surface area contributed by atoms with Crippen LogP contribution in [0.3, 0.4) is 0 Å². The van der Waals surface area contributed by atoms with E-state index in [9.17, 15) is 9.59 Å². The van der Waals surface area contributed by atoms with Crippen molar-refractivity contribution in [2.45, 2.75) is 70.0 Å². The molecule has 9 nitrogen and oxygen atoms in total. The average molecular weight is 440 g/mol. The molecule has 0 radical (unpaired) electrons. The number of nitrogens with zero attached hydrogens (tertiary/aromatic N) is 4. The Labute approximate surface area is 187 Å². The molecule has 2 amide bonds. The van der Waals surface area contributed by atoms with Crippen LogP contribution in [0.15, 0.2) is 24.4 Å². The molecule has 3 aliphatic rings. The Morgan fingerprint density at radius 2 is 2.00 bits per heavy atom. The summed E-state index contributed by atoms with van der Waals surface area (Å²) in [6, 6.07) is 6.36. The minimum absolute atomic E-state index is 0.156. The van der Waals surface area contributed by atoms with Gasteiger partial charge in [0.05, 0.1) is 6.20 Å². The standard InChI is InChI=1S/C23H29N5O4/c29-22(9-5-16-4-8-20-21(13-16)32-15-31-20)28-11-2-1-3-18(28)10-12-27-14-19(25-26-27)23(30)24-17-6-7-17/h4,8,13-14,17-18H,1-3,5-7,9-12,15H2,(H,24,30)/t18-/m0/s1. The van der Waals surface area contributed by atoms with Crippen LogP contribution in [-0.2, 0) is 17.8 Å². The molecular weight excluding hydrogens is 410 g/mol. The number of aromatic nitrogens is 3. The zero-order chi connectivity index (χ0) is 21.9. The first kappa shape index (κ1) is 20.8. The van der Waals surface area contributed by atoms with Crippen LogP contribution in [0, 0.1) is 0 Å². The maximum Gasteiger partial charge on any atom is 0.273 e. The highest BCUT2D eigenvalue weighted by molar-refractivity contribution is 5.92. The first-order chi connectivity index (χ1) is 15.7. The van der Waals surface area contributed by atoms with E-state index in [0.717, 1.165) is 62.1 Å². The van der Waals surface area contributed by atoms with Gasteiger partial charge in [0.25, 0.3) is 5.91 Å². The smallest absolute Gasteiger partial charge is 0.273 e. The number of carbonyl (C=O) groups is 2. The second-order valence-corrected chi connectivity index (χ2v) is 8.83. The molecule has 2 fully saturated rings. The number of piperidine rings is 1. The third-order valence-electron chi connectivity index (χ3n) is 6.39. The number of likely N-dealkylation sites (tertiary alicyclic amines) is 1. The molecule has 3 heterocycles. The van der Waals surface area contributed by atoms with Crippen molar-refractivity contribution in [3.05, 3.63) is 35.7 Å². The summed E-state index contributed by atoms with van der Waals surface area (Å²) >= 11 is 0. The summed E-state index contributed by atoms with van der Waals surface area (Å²) in [6.45, 7) is 1.70. The second kappa shape index (κ2) is 9.18. The minimum atomic E-state index is -0.156. The average Bonchev–Trinajstić information content (AvgIpc) is 3.30. The molecule has 32 heavy (non-hydrogen) atoms. The minimum Gasteiger partial charge on any atom is -0.454 e. The molecule has 2 aromatic rings. The van der Waals surface area contributed by atoms with Crippen LogP contribution >= 0.6 is 0 Å². The van der Waals surface area contributed by atoms with E-state index < -0.39 is 0 Å². The van der Waals surface area contributed by atoms with Crippen molar-refractivity contribution in [3.63, 3.8) is 0 Å². The van der Waals surface area contributed by atoms with Gasteiger partial charge in [-0.25, -0.2) is 0 Å². The summed E-state index contributed by atoms with van der Waals surface area (Å²) in [7, 11) is 0. The van der Waals surface area contributed by atoms with Crippen molar-refractivity contribution < 1.29 is 19.1 Å². The van der Waals surface area contributed by atoms with E-state index in [0.29, 0.717) is 31.1 Å². The van der Waals surface area contributed by atoms with E-state index in [4.69, 9.17) is 9.47 Å². The normalized spacial score (nSPS) is 19.8. The lowest BCUT2D eigenvalue weighted by Crippen LogP contribution is -2.44. The molecule has 2 aliphatic heterocycles. The molecule has 1 atom stereocenters. The van der Waals surface area contributed by atoms with E-state index >= 15 is 0 Å². The van der Waals surface area contributed by atoms with Crippen LogP contribution in [-0.4, -0.2) is 57.1 Å². The second-order valence-electron chi connectivity index (χ2n) is 8.83. The van der Waals surface area contributed by atoms with E-state index in [1.165, 1.54) is 0 Å². The molecule has 1 saturated heterocycles. The Morgan fingerprint density at radius 3 is 2.88 bits per heavy atom. The van der Waals surface area contributed by atoms with Gasteiger partial charge in [-0.3, -0.25) is 14.3 Å². The molecule has 1 saturated carbocycles. The predicted molar refractivity (Wildman–Crippen MR) is 115 cm³/mol. The third-order valence-corrected chi connectivity index (χ3v) is 6.39. The van der Waals surface area contributed by atoms with Crippen molar-refractivity contribution in [3.8, 4) is 11.5 Å². The number of fused-ring (bicyclic) bond motifs is 1. The van der Waals surface area contributed by atoms with Crippen LogP contribution in [0.5, 0.6) is 11.5 Å². The van der Waals surface area contributed by atoms with Crippen molar-refractivity contribution in [2.24, 2.45) is 0 Å². The lowest BCUT2D eigenvalue weighted by atomic mass is 9.98. The number of carbonyl (C=O) groups excluding carboxylic acids is 2. The molecule has 0 unspecified atom stereocenters. The fraction of sp³-hybridized carbons (Fsp3) is 0.565. The molecule has 1 aromatic carbocycles. The summed E-state index contributed by atoms with van der Waals surface area (Å²) in [5.74, 6) is 1.55. The van der Waals surface area contributed by atoms with Crippen molar-refractivity contribution in [1.29, 1.82) is 0 Å². The summed E-state index contributed by atoms with van der Waals surface area (Å²) < 4.78 is 12.5. The SMILES string of the molecule is O=C(NC1CC1)c1cn(CC[C@@H]2CCCCN2C(=O)CCc2ccc3c(c2)OCO3)nn1. The fourth-order valence-corrected chi connectivity index (χ4v) is 4.40. The van der Waals surface area contributed by atoms with Crippen LogP contribution in [0.2, 0.25) is 0 Å². The van der Waals surface area contributed by atoms with Gasteiger partial charge in [-0.2, -0.15) is 0 Å². The number of aryl methyl sites for hydroxylation is 2. The van der Waals surface area contributed by atoms with Gasteiger partial charge in [0, 0.05) is 31.6 Å². The lowest BCUT2D eigenvalue weighted by Gasteiger charge is -2.36. The number of benzene rings is 1. The van der Waals surface area contributed by atoms with Crippen LogP contribution < -0.4 is 14.8 Å². The topological polar surface area (TPSA) is 98.6 Å². The molecule has 5 rings (SSSR count). The van der Waals surface area contributed by atoms with Crippen LogP contribution in [0.25, 0.3) is 0 Å². The van der Waals surface area contributed by atoms with Crippen LogP contribution in [0.1, 0.15) is 61.0 Å². The zero-order valence-electron chi connectivity index (χ0n) is 18.2. The molecule has 1 N–H and O–H groups in total. The fourth-order valence-electron chi connectivity index (χ4n) is 4.40. The third kappa shape index (κ3) is 4.87. The monoisotopic (exact) mass is 439 g/mol. The van der Waals surface area contributed by atoms with E-state index in [1.54, 1.807) is 10.9 Å². The first-order valence-electron chi connectivity index (χ1n) is 11.5. The Kier molecular flexibility index (Phi) is 5.96. The van der Waals surface area contributed by atoms with Gasteiger partial charge in [-0.15, -0.1) is 5.10 Å². The molecule has 9 heteroatoms. The van der Waals surface area contributed by atoms with Crippen molar-refractivity contribution in [1.82, 2.24) is 25.2 Å². The number of nitrogens with one attached hydrogen (secondary N) is 1.